The minimum atomic E-state index is 0.0341. The van der Waals surface area contributed by atoms with Crippen molar-refractivity contribution in [3.63, 3.8) is 0 Å². The lowest BCUT2D eigenvalue weighted by atomic mass is 10.6. The standard InChI is InChI=1S/C16H33IO9S/c17-27-26-16-15-25-14-13-24-12-11-23-10-9-22-8-7-21-6-5-20-4-3-19-2-1-18/h18H,1-16H2. The van der Waals surface area contributed by atoms with Crippen LogP contribution in [-0.4, -0.2) is 111 Å². The van der Waals surface area contributed by atoms with Gasteiger partial charge in [-0.15, -0.1) is 0 Å². The van der Waals surface area contributed by atoms with Crippen molar-refractivity contribution in [2.75, 3.05) is 106 Å². The molecular formula is C16H33IO9S. The zero-order valence-electron chi connectivity index (χ0n) is 15.8. The Morgan fingerprint density at radius 2 is 0.704 bits per heavy atom. The molecule has 0 rings (SSSR count). The van der Waals surface area contributed by atoms with Crippen molar-refractivity contribution in [2.45, 2.75) is 0 Å². The molecule has 0 bridgehead atoms. The highest BCUT2D eigenvalue weighted by Crippen LogP contribution is 2.10. The van der Waals surface area contributed by atoms with Crippen LogP contribution in [0.3, 0.4) is 0 Å². The molecule has 0 saturated carbocycles. The van der Waals surface area contributed by atoms with Crippen molar-refractivity contribution in [1.29, 1.82) is 0 Å². The monoisotopic (exact) mass is 528 g/mol. The minimum absolute atomic E-state index is 0.0341. The van der Waals surface area contributed by atoms with Crippen LogP contribution in [0.2, 0.25) is 0 Å². The van der Waals surface area contributed by atoms with E-state index in [1.54, 1.807) is 0 Å². The van der Waals surface area contributed by atoms with Gasteiger partial charge >= 0.3 is 0 Å². The van der Waals surface area contributed by atoms with Gasteiger partial charge in [0.15, 0.2) is 0 Å². The molecule has 0 spiro atoms. The van der Waals surface area contributed by atoms with Gasteiger partial charge in [-0.05, 0) is 0 Å². The number of ether oxygens (including phenoxy) is 7. The van der Waals surface area contributed by atoms with Crippen molar-refractivity contribution >= 4 is 30.4 Å². The number of aliphatic hydroxyl groups excluding tert-OH is 1. The first-order chi connectivity index (χ1) is 13.4. The molecule has 9 nitrogen and oxygen atoms in total. The predicted octanol–water partition coefficient (Wildman–Crippen LogP) is 1.11. The molecule has 0 aromatic carbocycles. The van der Waals surface area contributed by atoms with E-state index in [9.17, 15) is 0 Å². The van der Waals surface area contributed by atoms with Crippen molar-refractivity contribution in [2.24, 2.45) is 0 Å². The van der Waals surface area contributed by atoms with Crippen molar-refractivity contribution < 1.29 is 42.4 Å². The second-order valence-electron chi connectivity index (χ2n) is 4.90. The predicted molar refractivity (Wildman–Crippen MR) is 110 cm³/mol. The Hall–Kier alpha value is 0.720. The van der Waals surface area contributed by atoms with Crippen molar-refractivity contribution in [1.82, 2.24) is 0 Å². The van der Waals surface area contributed by atoms with Gasteiger partial charge < -0.3 is 42.4 Å². The maximum Gasteiger partial charge on any atom is 0.0857 e. The topological polar surface area (TPSA) is 94.1 Å². The summed E-state index contributed by atoms with van der Waals surface area (Å²) < 4.78 is 42.2. The van der Waals surface area contributed by atoms with Gasteiger partial charge in [-0.3, -0.25) is 0 Å². The molecule has 27 heavy (non-hydrogen) atoms. The van der Waals surface area contributed by atoms with E-state index in [1.165, 1.54) is 9.21 Å². The molecule has 0 radical (unpaired) electrons. The summed E-state index contributed by atoms with van der Waals surface area (Å²) in [5, 5.41) is 8.52. The molecule has 164 valence electrons. The highest BCUT2D eigenvalue weighted by molar-refractivity contribution is 14.2. The summed E-state index contributed by atoms with van der Waals surface area (Å²) in [6.07, 6.45) is 0. The Bertz CT molecular complexity index is 244. The molecule has 0 aliphatic heterocycles. The Balaban J connectivity index is 2.95. The van der Waals surface area contributed by atoms with Gasteiger partial charge in [-0.25, -0.2) is 0 Å². The Morgan fingerprint density at radius 1 is 0.444 bits per heavy atom. The van der Waals surface area contributed by atoms with E-state index in [2.05, 4.69) is 21.2 Å². The smallest absolute Gasteiger partial charge is 0.0857 e. The quantitative estimate of drug-likeness (QED) is 0.112. The Morgan fingerprint density at radius 3 is 0.963 bits per heavy atom. The van der Waals surface area contributed by atoms with Crippen LogP contribution >= 0.6 is 30.4 Å². The van der Waals surface area contributed by atoms with Gasteiger partial charge in [0.25, 0.3) is 0 Å². The van der Waals surface area contributed by atoms with Gasteiger partial charge in [0.1, 0.15) is 0 Å². The highest BCUT2D eigenvalue weighted by atomic mass is 127. The fraction of sp³-hybridized carbons (Fsp3) is 1.00. The molecular weight excluding hydrogens is 495 g/mol. The number of hydrogen-bond donors (Lipinski definition) is 1. The summed E-state index contributed by atoms with van der Waals surface area (Å²) in [7, 11) is 1.30. The highest BCUT2D eigenvalue weighted by Gasteiger charge is 1.94. The van der Waals surface area contributed by atoms with Crippen LogP contribution in [0.25, 0.3) is 0 Å². The maximum absolute atomic E-state index is 8.52. The molecule has 0 saturated heterocycles. The lowest BCUT2D eigenvalue weighted by molar-refractivity contribution is -0.0219. The van der Waals surface area contributed by atoms with E-state index in [1.807, 2.05) is 0 Å². The SMILES string of the molecule is OCCOCCOCCOCCOCCOCCOCCOCCOSI. The van der Waals surface area contributed by atoms with E-state index in [-0.39, 0.29) is 6.61 Å². The maximum atomic E-state index is 8.52. The third-order valence-electron chi connectivity index (χ3n) is 2.82. The van der Waals surface area contributed by atoms with E-state index in [0.29, 0.717) is 99.1 Å². The van der Waals surface area contributed by atoms with Gasteiger partial charge in [-0.2, -0.15) is 0 Å². The molecule has 0 aromatic heterocycles. The zero-order chi connectivity index (χ0) is 19.7. The summed E-state index contributed by atoms with van der Waals surface area (Å²) in [5.41, 5.74) is 0. The summed E-state index contributed by atoms with van der Waals surface area (Å²) in [5.74, 6) is 0. The molecule has 0 amide bonds. The molecule has 0 aliphatic carbocycles. The molecule has 0 aliphatic rings. The molecule has 0 unspecified atom stereocenters. The van der Waals surface area contributed by atoms with Crippen LogP contribution in [0, 0.1) is 0 Å². The molecule has 0 heterocycles. The molecule has 0 fully saturated rings. The number of aliphatic hydroxyl groups is 1. The first kappa shape index (κ1) is 27.7. The second kappa shape index (κ2) is 26.7. The van der Waals surface area contributed by atoms with Crippen LogP contribution in [0.5, 0.6) is 0 Å². The second-order valence-corrected chi connectivity index (χ2v) is 6.34. The van der Waals surface area contributed by atoms with E-state index >= 15 is 0 Å². The number of halogens is 1. The van der Waals surface area contributed by atoms with Gasteiger partial charge in [0.05, 0.1) is 115 Å². The minimum Gasteiger partial charge on any atom is -0.394 e. The van der Waals surface area contributed by atoms with Crippen LogP contribution in [0.15, 0.2) is 0 Å². The van der Waals surface area contributed by atoms with Crippen LogP contribution in [0.1, 0.15) is 0 Å². The van der Waals surface area contributed by atoms with E-state index < -0.39 is 0 Å². The van der Waals surface area contributed by atoms with Crippen molar-refractivity contribution in [3.8, 4) is 0 Å². The third kappa shape index (κ3) is 26.7. The van der Waals surface area contributed by atoms with E-state index in [4.69, 9.17) is 42.4 Å². The fourth-order valence-corrected chi connectivity index (χ4v) is 2.28. The Labute approximate surface area is 178 Å². The summed E-state index contributed by atoms with van der Waals surface area (Å²) in [6, 6.07) is 0. The van der Waals surface area contributed by atoms with Crippen LogP contribution in [0.4, 0.5) is 0 Å². The molecule has 1 N–H and O–H groups in total. The first-order valence-electron chi connectivity index (χ1n) is 8.97. The van der Waals surface area contributed by atoms with Gasteiger partial charge in [0, 0.05) is 21.2 Å². The molecule has 0 aromatic rings. The molecule has 0 atom stereocenters. The summed E-state index contributed by atoms with van der Waals surface area (Å²) in [4.78, 5) is 0. The van der Waals surface area contributed by atoms with Gasteiger partial charge in [0.2, 0.25) is 0 Å². The van der Waals surface area contributed by atoms with Gasteiger partial charge in [-0.1, -0.05) is 0 Å². The lowest BCUT2D eigenvalue weighted by Crippen LogP contribution is -2.15. The summed E-state index contributed by atoms with van der Waals surface area (Å²) >= 11 is 2.07. The normalized spacial score (nSPS) is 11.3. The Kier molecular flexibility index (Phi) is 27.4. The third-order valence-corrected chi connectivity index (χ3v) is 3.84. The lowest BCUT2D eigenvalue weighted by Gasteiger charge is -2.08. The zero-order valence-corrected chi connectivity index (χ0v) is 18.8. The fourth-order valence-electron chi connectivity index (χ4n) is 1.61. The largest absolute Gasteiger partial charge is 0.394 e. The average molecular weight is 528 g/mol. The van der Waals surface area contributed by atoms with Crippen molar-refractivity contribution in [3.05, 3.63) is 0 Å². The molecule has 11 heteroatoms. The van der Waals surface area contributed by atoms with Crippen LogP contribution in [-0.2, 0) is 37.3 Å². The average Bonchev–Trinajstić information content (AvgIpc) is 2.68. The first-order valence-corrected chi connectivity index (χ1v) is 12.3. The number of hydrogen-bond acceptors (Lipinski definition) is 10. The summed E-state index contributed by atoms with van der Waals surface area (Å²) in [6.45, 7) is 7.84. The number of rotatable bonds is 24. The van der Waals surface area contributed by atoms with E-state index in [0.717, 1.165) is 0 Å². The van der Waals surface area contributed by atoms with Crippen LogP contribution < -0.4 is 0 Å².